The molecular weight excluding hydrogens is 451 g/mol. The van der Waals surface area contributed by atoms with E-state index >= 15 is 0 Å². The van der Waals surface area contributed by atoms with Crippen molar-refractivity contribution in [2.75, 3.05) is 36.4 Å². The molecule has 1 unspecified atom stereocenters. The molecule has 0 saturated carbocycles. The summed E-state index contributed by atoms with van der Waals surface area (Å²) in [4.78, 5) is 40.2. The molecule has 3 saturated heterocycles. The first kappa shape index (κ1) is 25.4. The third-order valence-electron chi connectivity index (χ3n) is 7.12. The van der Waals surface area contributed by atoms with Crippen molar-refractivity contribution >= 4 is 29.2 Å². The first-order chi connectivity index (χ1) is 16.6. The topological polar surface area (TPSA) is 91.0 Å². The smallest absolute Gasteiger partial charge is 0.309 e. The van der Waals surface area contributed by atoms with Gasteiger partial charge in [-0.1, -0.05) is 0 Å². The number of amides is 2. The van der Waals surface area contributed by atoms with Crippen molar-refractivity contribution in [2.24, 2.45) is 5.92 Å². The average molecular weight is 489 g/mol. The molecule has 3 fully saturated rings. The number of carbonyl (C=O) groups is 3. The second-order valence-electron chi connectivity index (χ2n) is 10.9. The quantitative estimate of drug-likeness (QED) is 0.486. The number of ether oxygens (including phenoxy) is 1. The Labute approximate surface area is 206 Å². The maximum absolute atomic E-state index is 14.9. The van der Waals surface area contributed by atoms with Gasteiger partial charge in [-0.2, -0.15) is 0 Å². The van der Waals surface area contributed by atoms with Crippen molar-refractivity contribution in [2.45, 2.75) is 77.0 Å². The maximum Gasteiger partial charge on any atom is 0.309 e. The molecule has 35 heavy (non-hydrogen) atoms. The molecule has 1 aromatic carbocycles. The Kier molecular flexibility index (Phi) is 7.64. The highest BCUT2D eigenvalue weighted by atomic mass is 19.1. The number of piperidine rings is 3. The lowest BCUT2D eigenvalue weighted by molar-refractivity contribution is -0.161. The fourth-order valence-corrected chi connectivity index (χ4v) is 5.24. The third-order valence-corrected chi connectivity index (χ3v) is 7.12. The van der Waals surface area contributed by atoms with Gasteiger partial charge in [0.15, 0.2) is 0 Å². The highest BCUT2D eigenvalue weighted by Gasteiger charge is 2.33. The summed E-state index contributed by atoms with van der Waals surface area (Å²) in [6.07, 6.45) is 4.23. The summed E-state index contributed by atoms with van der Waals surface area (Å²) in [6.45, 7) is 9.03. The van der Waals surface area contributed by atoms with Crippen LogP contribution in [0.2, 0.25) is 0 Å². The van der Waals surface area contributed by atoms with Gasteiger partial charge in [0, 0.05) is 31.2 Å². The molecule has 9 heteroatoms. The molecule has 0 spiro atoms. The molecule has 2 N–H and O–H groups in total. The van der Waals surface area contributed by atoms with E-state index < -0.39 is 11.6 Å². The second-order valence-corrected chi connectivity index (χ2v) is 10.9. The van der Waals surface area contributed by atoms with Gasteiger partial charge in [-0.25, -0.2) is 4.39 Å². The zero-order valence-electron chi connectivity index (χ0n) is 20.9. The molecule has 1 aromatic rings. The molecule has 8 nitrogen and oxygen atoms in total. The highest BCUT2D eigenvalue weighted by molar-refractivity contribution is 6.01. The first-order valence-electron chi connectivity index (χ1n) is 12.7. The van der Waals surface area contributed by atoms with Gasteiger partial charge in [0.25, 0.3) is 0 Å². The van der Waals surface area contributed by atoms with Crippen LogP contribution in [0.25, 0.3) is 0 Å². The molecule has 0 radical (unpaired) electrons. The van der Waals surface area contributed by atoms with Crippen molar-refractivity contribution < 1.29 is 23.5 Å². The fraction of sp³-hybridized carbons (Fsp3) is 0.654. The number of benzene rings is 1. The molecule has 3 heterocycles. The summed E-state index contributed by atoms with van der Waals surface area (Å²) in [7, 11) is 0. The van der Waals surface area contributed by atoms with Gasteiger partial charge in [0.05, 0.1) is 11.6 Å². The Morgan fingerprint density at radius 1 is 1.06 bits per heavy atom. The lowest BCUT2D eigenvalue weighted by Crippen LogP contribution is -2.49. The Balaban J connectivity index is 1.25. The van der Waals surface area contributed by atoms with Crippen LogP contribution in [0, 0.1) is 11.7 Å². The van der Waals surface area contributed by atoms with Crippen LogP contribution in [0.5, 0.6) is 0 Å². The van der Waals surface area contributed by atoms with Gasteiger partial charge in [0.1, 0.15) is 17.5 Å². The largest absolute Gasteiger partial charge is 0.460 e. The van der Waals surface area contributed by atoms with E-state index in [1.165, 1.54) is 6.07 Å². The van der Waals surface area contributed by atoms with E-state index in [1.807, 2.05) is 20.8 Å². The minimum atomic E-state index is -0.534. The van der Waals surface area contributed by atoms with Gasteiger partial charge >= 0.3 is 5.97 Å². The molecule has 3 aliphatic heterocycles. The Morgan fingerprint density at radius 3 is 2.34 bits per heavy atom. The molecule has 4 rings (SSSR count). The van der Waals surface area contributed by atoms with E-state index in [-0.39, 0.29) is 35.9 Å². The monoisotopic (exact) mass is 488 g/mol. The number of esters is 1. The fourth-order valence-electron chi connectivity index (χ4n) is 5.24. The Bertz CT molecular complexity index is 947. The van der Waals surface area contributed by atoms with E-state index in [9.17, 15) is 18.8 Å². The third kappa shape index (κ3) is 6.51. The SMILES string of the molecule is CC(C)(C)OC(=O)C1CCN(C2CCN(c3ccc(NC4CCC(=O)NC4=O)cc3F)CC2)CC1. The second kappa shape index (κ2) is 10.5. The number of hydrogen-bond donors (Lipinski definition) is 2. The van der Waals surface area contributed by atoms with Gasteiger partial charge < -0.3 is 19.9 Å². The molecule has 0 bridgehead atoms. The van der Waals surface area contributed by atoms with Crippen molar-refractivity contribution in [1.29, 1.82) is 0 Å². The minimum Gasteiger partial charge on any atom is -0.460 e. The van der Waals surface area contributed by atoms with Crippen LogP contribution in [0.15, 0.2) is 18.2 Å². The zero-order chi connectivity index (χ0) is 25.2. The number of imide groups is 1. The van der Waals surface area contributed by atoms with E-state index in [4.69, 9.17) is 4.74 Å². The van der Waals surface area contributed by atoms with Crippen molar-refractivity contribution in [3.8, 4) is 0 Å². The number of likely N-dealkylation sites (tertiary alicyclic amines) is 1. The minimum absolute atomic E-state index is 0.0213. The van der Waals surface area contributed by atoms with Crippen molar-refractivity contribution in [3.05, 3.63) is 24.0 Å². The summed E-state index contributed by atoms with van der Waals surface area (Å²) in [5.74, 6) is -1.07. The molecule has 2 amide bonds. The van der Waals surface area contributed by atoms with Crippen LogP contribution in [0.1, 0.15) is 59.3 Å². The number of nitrogens with one attached hydrogen (secondary N) is 2. The molecule has 0 aromatic heterocycles. The van der Waals surface area contributed by atoms with Gasteiger partial charge in [-0.15, -0.1) is 0 Å². The van der Waals surface area contributed by atoms with Gasteiger partial charge in [-0.05, 0) is 84.2 Å². The normalized spacial score (nSPS) is 23.2. The van der Waals surface area contributed by atoms with Crippen LogP contribution in [0.3, 0.4) is 0 Å². The summed E-state index contributed by atoms with van der Waals surface area (Å²) >= 11 is 0. The van der Waals surface area contributed by atoms with Crippen LogP contribution in [-0.2, 0) is 19.1 Å². The number of rotatable bonds is 5. The van der Waals surface area contributed by atoms with Crippen molar-refractivity contribution in [1.82, 2.24) is 10.2 Å². The molecule has 1 atom stereocenters. The van der Waals surface area contributed by atoms with E-state index in [0.29, 0.717) is 23.8 Å². The van der Waals surface area contributed by atoms with Gasteiger partial charge in [0.2, 0.25) is 11.8 Å². The number of anilines is 2. The maximum atomic E-state index is 14.9. The lowest BCUT2D eigenvalue weighted by Gasteiger charge is -2.42. The summed E-state index contributed by atoms with van der Waals surface area (Å²) < 4.78 is 20.5. The predicted octanol–water partition coefficient (Wildman–Crippen LogP) is 3.07. The van der Waals surface area contributed by atoms with Crippen molar-refractivity contribution in [3.63, 3.8) is 0 Å². The van der Waals surface area contributed by atoms with E-state index in [1.54, 1.807) is 12.1 Å². The summed E-state index contributed by atoms with van der Waals surface area (Å²) in [5, 5.41) is 5.34. The summed E-state index contributed by atoms with van der Waals surface area (Å²) in [5.41, 5.74) is 0.652. The number of nitrogens with zero attached hydrogens (tertiary/aromatic N) is 2. The van der Waals surface area contributed by atoms with Crippen LogP contribution in [0.4, 0.5) is 15.8 Å². The average Bonchev–Trinajstić information content (AvgIpc) is 2.80. The van der Waals surface area contributed by atoms with Gasteiger partial charge in [-0.3, -0.25) is 19.7 Å². The van der Waals surface area contributed by atoms with Crippen LogP contribution in [-0.4, -0.2) is 66.5 Å². The zero-order valence-corrected chi connectivity index (χ0v) is 20.9. The molecule has 192 valence electrons. The number of halogens is 1. The van der Waals surface area contributed by atoms with E-state index in [0.717, 1.165) is 51.9 Å². The predicted molar refractivity (Wildman–Crippen MR) is 132 cm³/mol. The first-order valence-corrected chi connectivity index (χ1v) is 12.7. The van der Waals surface area contributed by atoms with Crippen LogP contribution < -0.4 is 15.5 Å². The Hall–Kier alpha value is -2.68. The summed E-state index contributed by atoms with van der Waals surface area (Å²) in [6, 6.07) is 4.88. The van der Waals surface area contributed by atoms with Crippen LogP contribution >= 0.6 is 0 Å². The Morgan fingerprint density at radius 2 is 1.74 bits per heavy atom. The number of carbonyl (C=O) groups excluding carboxylic acids is 3. The molecular formula is C26H37FN4O4. The molecule has 0 aliphatic carbocycles. The lowest BCUT2D eigenvalue weighted by atomic mass is 9.93. The van der Waals surface area contributed by atoms with E-state index in [2.05, 4.69) is 20.4 Å². The standard InChI is InChI=1S/C26H37FN4O4/c1-26(2,3)35-25(34)17-8-12-30(13-9-17)19-10-14-31(15-11-19)22-6-4-18(16-20(22)27)28-21-5-7-23(32)29-24(21)33/h4,6,16-17,19,21,28H,5,7-15H2,1-3H3,(H,29,32,33). The molecule has 3 aliphatic rings. The number of hydrogen-bond acceptors (Lipinski definition) is 7. The highest BCUT2D eigenvalue weighted by Crippen LogP contribution is 2.30.